The van der Waals surface area contributed by atoms with E-state index in [1.54, 1.807) is 0 Å². The smallest absolute Gasteiger partial charge is 0.462 e. The van der Waals surface area contributed by atoms with Crippen molar-refractivity contribution in [3.63, 3.8) is 0 Å². The maximum absolute atomic E-state index is 12.9. The van der Waals surface area contributed by atoms with E-state index in [1.165, 1.54) is 64.2 Å². The van der Waals surface area contributed by atoms with E-state index < -0.39 is 57.8 Å². The molecule has 3 atom stereocenters. The van der Waals surface area contributed by atoms with Gasteiger partial charge in [0.1, 0.15) is 12.7 Å². The number of phosphoric ester groups is 1. The Morgan fingerprint density at radius 2 is 0.743 bits per heavy atom. The van der Waals surface area contributed by atoms with Crippen LogP contribution in [0, 0.1) is 0 Å². The zero-order valence-corrected chi connectivity index (χ0v) is 45.4. The van der Waals surface area contributed by atoms with Gasteiger partial charge in [-0.25, -0.2) is 4.57 Å². The third-order valence-corrected chi connectivity index (χ3v) is 12.6. The number of hydrogen-bond donors (Lipinski definition) is 2. The predicted molar refractivity (Wildman–Crippen MR) is 288 cm³/mol. The molecule has 0 amide bonds. The maximum Gasteiger partial charge on any atom is 0.472 e. The minimum Gasteiger partial charge on any atom is -0.462 e. The quantitative estimate of drug-likeness (QED) is 0.0197. The molecule has 0 rings (SSSR count). The average Bonchev–Trinajstić information content (AvgIpc) is 3.35. The van der Waals surface area contributed by atoms with E-state index in [2.05, 4.69) is 93.7 Å². The topological polar surface area (TPSA) is 155 Å². The number of rotatable bonds is 51. The van der Waals surface area contributed by atoms with Crippen molar-refractivity contribution in [2.45, 2.75) is 251 Å². The van der Waals surface area contributed by atoms with Gasteiger partial charge in [0.2, 0.25) is 0 Å². The molecule has 0 aromatic carbocycles. The first-order chi connectivity index (χ1) is 34.2. The van der Waals surface area contributed by atoms with Crippen LogP contribution in [0.4, 0.5) is 0 Å². The van der Waals surface area contributed by atoms with Gasteiger partial charge in [0.25, 0.3) is 0 Å². The van der Waals surface area contributed by atoms with Crippen molar-refractivity contribution in [3.8, 4) is 0 Å². The summed E-state index contributed by atoms with van der Waals surface area (Å²) in [6.45, 7) is 4.45. The van der Waals surface area contributed by atoms with Crippen LogP contribution in [0.5, 0.6) is 0 Å². The zero-order valence-electron chi connectivity index (χ0n) is 44.5. The molecule has 0 spiro atoms. The molecule has 0 heterocycles. The molecule has 0 aliphatic rings. The molecule has 2 N–H and O–H groups in total. The molecule has 0 aromatic heterocycles. The fourth-order valence-electron chi connectivity index (χ4n) is 7.38. The highest BCUT2D eigenvalue weighted by atomic mass is 31.2. The van der Waals surface area contributed by atoms with Gasteiger partial charge < -0.3 is 24.2 Å². The minimum atomic E-state index is -4.75. The van der Waals surface area contributed by atoms with Crippen LogP contribution in [0.2, 0.25) is 0 Å². The molecule has 0 saturated carbocycles. The molecule has 0 bridgehead atoms. The van der Waals surface area contributed by atoms with Gasteiger partial charge in [0, 0.05) is 19.3 Å². The Morgan fingerprint density at radius 1 is 0.414 bits per heavy atom. The maximum atomic E-state index is 12.9. The first kappa shape index (κ1) is 66.9. The number of ether oxygens (including phenoxy) is 3. The largest absolute Gasteiger partial charge is 0.472 e. The van der Waals surface area contributed by atoms with E-state index in [4.69, 9.17) is 23.3 Å². The molecule has 0 aromatic rings. The van der Waals surface area contributed by atoms with Crippen molar-refractivity contribution in [1.29, 1.82) is 0 Å². The average molecular weight is 1010 g/mol. The van der Waals surface area contributed by atoms with Crippen molar-refractivity contribution in [1.82, 2.24) is 0 Å². The highest BCUT2D eigenvalue weighted by Crippen LogP contribution is 2.43. The second-order valence-corrected chi connectivity index (χ2v) is 19.8. The Kier molecular flexibility index (Phi) is 50.0. The van der Waals surface area contributed by atoms with Crippen LogP contribution in [0.15, 0.2) is 72.9 Å². The summed E-state index contributed by atoms with van der Waals surface area (Å²) >= 11 is 0. The number of aliphatic hydroxyl groups excluding tert-OH is 1. The normalized spacial score (nSPS) is 14.0. The number of aliphatic hydroxyl groups is 1. The molecule has 3 unspecified atom stereocenters. The lowest BCUT2D eigenvalue weighted by molar-refractivity contribution is -0.161. The van der Waals surface area contributed by atoms with E-state index in [-0.39, 0.29) is 25.9 Å². The Balaban J connectivity index is 4.75. The summed E-state index contributed by atoms with van der Waals surface area (Å²) in [4.78, 5) is 48.4. The van der Waals surface area contributed by atoms with Crippen LogP contribution < -0.4 is 0 Å². The molecule has 404 valence electrons. The van der Waals surface area contributed by atoms with Crippen molar-refractivity contribution < 1.29 is 52.2 Å². The summed E-state index contributed by atoms with van der Waals surface area (Å²) in [5, 5.41) is 9.80. The highest BCUT2D eigenvalue weighted by Gasteiger charge is 2.28. The van der Waals surface area contributed by atoms with Crippen LogP contribution in [0.1, 0.15) is 239 Å². The van der Waals surface area contributed by atoms with Crippen LogP contribution in [-0.2, 0) is 42.2 Å². The number of unbranched alkanes of at least 4 members (excludes halogenated alkanes) is 22. The van der Waals surface area contributed by atoms with Crippen molar-refractivity contribution >= 4 is 25.7 Å². The van der Waals surface area contributed by atoms with Gasteiger partial charge in [-0.1, -0.05) is 203 Å². The highest BCUT2D eigenvalue weighted by molar-refractivity contribution is 7.47. The lowest BCUT2D eigenvalue weighted by Gasteiger charge is -2.21. The van der Waals surface area contributed by atoms with E-state index in [0.29, 0.717) is 19.3 Å². The molecule has 0 aliphatic carbocycles. The fourth-order valence-corrected chi connectivity index (χ4v) is 8.16. The minimum absolute atomic E-state index is 0.138. The third kappa shape index (κ3) is 49.9. The summed E-state index contributed by atoms with van der Waals surface area (Å²) in [5.41, 5.74) is 0. The van der Waals surface area contributed by atoms with Crippen LogP contribution in [0.3, 0.4) is 0 Å². The monoisotopic (exact) mass is 1000 g/mol. The van der Waals surface area contributed by atoms with Gasteiger partial charge in [-0.15, -0.1) is 0 Å². The molecule has 70 heavy (non-hydrogen) atoms. The van der Waals surface area contributed by atoms with E-state index in [0.717, 1.165) is 116 Å². The molecule has 0 fully saturated rings. The number of hydrogen-bond acceptors (Lipinski definition) is 10. The first-order valence-corrected chi connectivity index (χ1v) is 29.3. The fraction of sp³-hybridized carbons (Fsp3) is 0.741. The first-order valence-electron chi connectivity index (χ1n) is 27.8. The number of carbonyl (C=O) groups excluding carboxylic acids is 3. The predicted octanol–water partition coefficient (Wildman–Crippen LogP) is 16.1. The molecular formula is C58H101O11P. The summed E-state index contributed by atoms with van der Waals surface area (Å²) in [7, 11) is -4.75. The molecule has 11 nitrogen and oxygen atoms in total. The second-order valence-electron chi connectivity index (χ2n) is 18.4. The molecular weight excluding hydrogens is 904 g/mol. The number of allylic oxidation sites excluding steroid dienone is 12. The summed E-state index contributed by atoms with van der Waals surface area (Å²) in [6.07, 6.45) is 57.2. The Morgan fingerprint density at radius 3 is 1.17 bits per heavy atom. The standard InChI is InChI=1S/C58H101O11P/c1-4-7-10-13-16-19-22-24-26-27-29-31-34-37-40-43-46-49-58(62)69-55(51-65-56(60)47-44-41-38-35-32-21-18-15-12-9-6-3)53-67-70(63,64)66-52-54(50-59)68-57(61)48-45-42-39-36-33-30-28-25-23-20-17-14-11-8-5-2/h7,10,16-17,19-20,24-26,28-29,31,54-55,59H,4-6,8-9,11-15,18,21-23,27,30,32-53H2,1-3H3,(H,63,64)/b10-7-,19-16-,20-17-,26-24-,28-25-,31-29-. The van der Waals surface area contributed by atoms with Gasteiger partial charge in [0.15, 0.2) is 6.10 Å². The lowest BCUT2D eigenvalue weighted by Crippen LogP contribution is -2.30. The number of carbonyl (C=O) groups is 3. The van der Waals surface area contributed by atoms with Gasteiger partial charge in [-0.05, 0) is 89.9 Å². The van der Waals surface area contributed by atoms with E-state index in [9.17, 15) is 28.9 Å². The second kappa shape index (κ2) is 52.2. The molecule has 0 saturated heterocycles. The van der Waals surface area contributed by atoms with Gasteiger partial charge in [-0.3, -0.25) is 23.4 Å². The zero-order chi connectivity index (χ0) is 51.3. The van der Waals surface area contributed by atoms with Gasteiger partial charge in [0.05, 0.1) is 19.8 Å². The molecule has 0 radical (unpaired) electrons. The van der Waals surface area contributed by atoms with Crippen LogP contribution >= 0.6 is 7.82 Å². The Bertz CT molecular complexity index is 1450. The van der Waals surface area contributed by atoms with E-state index in [1.807, 2.05) is 0 Å². The van der Waals surface area contributed by atoms with Crippen LogP contribution in [-0.4, -0.2) is 66.5 Å². The van der Waals surface area contributed by atoms with Crippen molar-refractivity contribution in [2.24, 2.45) is 0 Å². The summed E-state index contributed by atoms with van der Waals surface area (Å²) in [5.74, 6) is -1.50. The molecule has 12 heteroatoms. The Labute approximate surface area is 427 Å². The lowest BCUT2D eigenvalue weighted by atomic mass is 10.1. The summed E-state index contributed by atoms with van der Waals surface area (Å²) < 4.78 is 39.4. The SMILES string of the molecule is CC/C=C\C/C=C\C/C=C\C/C=C\CCCCCCC(=O)OC(COC(=O)CCCCCCCCCCCCC)COP(=O)(O)OCC(CO)OC(=O)CCCCCCC/C=C\C/C=C\CCCCC. The van der Waals surface area contributed by atoms with Gasteiger partial charge >= 0.3 is 25.7 Å². The van der Waals surface area contributed by atoms with E-state index >= 15 is 0 Å². The number of phosphoric acid groups is 1. The van der Waals surface area contributed by atoms with Crippen molar-refractivity contribution in [3.05, 3.63) is 72.9 Å². The van der Waals surface area contributed by atoms with Gasteiger partial charge in [-0.2, -0.15) is 0 Å². The van der Waals surface area contributed by atoms with Crippen LogP contribution in [0.25, 0.3) is 0 Å². The van der Waals surface area contributed by atoms with Crippen molar-refractivity contribution in [2.75, 3.05) is 26.4 Å². The molecule has 0 aliphatic heterocycles. The number of esters is 3. The summed E-state index contributed by atoms with van der Waals surface area (Å²) in [6, 6.07) is 0. The Hall–Kier alpha value is -3.08. The third-order valence-electron chi connectivity index (χ3n) is 11.6.